The Morgan fingerprint density at radius 1 is 0.640 bits per heavy atom. The van der Waals surface area contributed by atoms with Crippen molar-refractivity contribution in [2.75, 3.05) is 0 Å². The Bertz CT molecular complexity index is 382. The first-order valence-electron chi connectivity index (χ1n) is 9.17. The Kier molecular flexibility index (Phi) is 25.5. The molecular formula is C19H34Na2O4. The molecule has 0 aromatic rings. The molecule has 2 radical (unpaired) electrons. The molecule has 25 heavy (non-hydrogen) atoms. The van der Waals surface area contributed by atoms with Crippen LogP contribution in [0.1, 0.15) is 97.3 Å². The van der Waals surface area contributed by atoms with Crippen LogP contribution in [-0.4, -0.2) is 81.3 Å². The number of aliphatic carboxylic acids is 2. The minimum absolute atomic E-state index is 0. The molecule has 0 spiro atoms. The quantitative estimate of drug-likeness (QED) is 0.246. The van der Waals surface area contributed by atoms with Crippen LogP contribution < -0.4 is 0 Å². The third-order valence-electron chi connectivity index (χ3n) is 4.31. The van der Waals surface area contributed by atoms with Gasteiger partial charge in [-0.15, -0.1) is 0 Å². The molecule has 0 aromatic heterocycles. The maximum absolute atomic E-state index is 11.1. The van der Waals surface area contributed by atoms with Crippen LogP contribution >= 0.6 is 0 Å². The van der Waals surface area contributed by atoms with Gasteiger partial charge in [-0.1, -0.05) is 77.6 Å². The van der Waals surface area contributed by atoms with Gasteiger partial charge in [-0.05, 0) is 19.8 Å². The summed E-state index contributed by atoms with van der Waals surface area (Å²) in [6, 6.07) is 0. The van der Waals surface area contributed by atoms with Crippen LogP contribution in [-0.2, 0) is 9.59 Å². The molecule has 2 N–H and O–H groups in total. The van der Waals surface area contributed by atoms with Gasteiger partial charge in [0.2, 0.25) is 0 Å². The standard InChI is InChI=1S/C19H34O4.2Na/c1-3-4-5-6-7-8-9-10-11-12-13-14-15-17(19(22)23)16(2)18(20)21;;/h3-15H2,1-2H3,(H,20,21)(H,22,23);;/b17-16-;;. The summed E-state index contributed by atoms with van der Waals surface area (Å²) >= 11 is 0. The molecule has 0 amide bonds. The fourth-order valence-corrected chi connectivity index (χ4v) is 2.73. The zero-order valence-electron chi connectivity index (χ0n) is 16.9. The normalized spacial score (nSPS) is 11.1. The number of unbranched alkanes of at least 4 members (excludes halogenated alkanes) is 11. The molecule has 4 nitrogen and oxygen atoms in total. The van der Waals surface area contributed by atoms with E-state index in [1.165, 1.54) is 64.7 Å². The number of carboxylic acids is 2. The van der Waals surface area contributed by atoms with Gasteiger partial charge in [0.05, 0.1) is 0 Å². The van der Waals surface area contributed by atoms with Gasteiger partial charge in [0.15, 0.2) is 0 Å². The first kappa shape index (κ1) is 30.4. The Morgan fingerprint density at radius 2 is 1.00 bits per heavy atom. The first-order chi connectivity index (χ1) is 11.0. The fourth-order valence-electron chi connectivity index (χ4n) is 2.73. The summed E-state index contributed by atoms with van der Waals surface area (Å²) in [6.45, 7) is 3.60. The van der Waals surface area contributed by atoms with Crippen molar-refractivity contribution >= 4 is 71.1 Å². The topological polar surface area (TPSA) is 74.6 Å². The molecule has 6 heteroatoms. The Labute approximate surface area is 197 Å². The van der Waals surface area contributed by atoms with Gasteiger partial charge in [-0.3, -0.25) is 0 Å². The van der Waals surface area contributed by atoms with Gasteiger partial charge >= 0.3 is 11.9 Å². The van der Waals surface area contributed by atoms with E-state index in [1.807, 2.05) is 0 Å². The number of hydrogen-bond donors (Lipinski definition) is 2. The van der Waals surface area contributed by atoms with E-state index >= 15 is 0 Å². The van der Waals surface area contributed by atoms with Crippen LogP contribution in [0.2, 0.25) is 0 Å². The van der Waals surface area contributed by atoms with Crippen molar-refractivity contribution in [1.82, 2.24) is 0 Å². The van der Waals surface area contributed by atoms with Crippen molar-refractivity contribution in [2.45, 2.75) is 97.3 Å². The van der Waals surface area contributed by atoms with Crippen molar-refractivity contribution in [3.05, 3.63) is 11.1 Å². The van der Waals surface area contributed by atoms with Crippen molar-refractivity contribution in [3.63, 3.8) is 0 Å². The summed E-state index contributed by atoms with van der Waals surface area (Å²) in [5.41, 5.74) is 0.00477. The Hall–Kier alpha value is 0.680. The molecule has 0 fully saturated rings. The molecule has 0 aromatic carbocycles. The first-order valence-corrected chi connectivity index (χ1v) is 9.17. The predicted molar refractivity (Wildman–Crippen MR) is 105 cm³/mol. The smallest absolute Gasteiger partial charge is 0.332 e. The third-order valence-corrected chi connectivity index (χ3v) is 4.31. The second kappa shape index (κ2) is 21.0. The number of hydrogen-bond acceptors (Lipinski definition) is 2. The minimum Gasteiger partial charge on any atom is -0.478 e. The molecule has 0 saturated heterocycles. The van der Waals surface area contributed by atoms with E-state index in [0.29, 0.717) is 6.42 Å². The molecule has 0 rings (SSSR count). The average molecular weight is 372 g/mol. The van der Waals surface area contributed by atoms with Crippen LogP contribution in [0.3, 0.4) is 0 Å². The fraction of sp³-hybridized carbons (Fsp3) is 0.789. The van der Waals surface area contributed by atoms with E-state index in [0.717, 1.165) is 19.3 Å². The molecule has 136 valence electrons. The summed E-state index contributed by atoms with van der Waals surface area (Å²) in [5, 5.41) is 17.9. The van der Waals surface area contributed by atoms with Gasteiger partial charge in [0, 0.05) is 70.3 Å². The molecule has 0 aliphatic heterocycles. The maximum Gasteiger partial charge on any atom is 0.332 e. The van der Waals surface area contributed by atoms with Crippen LogP contribution in [0.25, 0.3) is 0 Å². The summed E-state index contributed by atoms with van der Waals surface area (Å²) in [4.78, 5) is 21.9. The van der Waals surface area contributed by atoms with Crippen LogP contribution in [0.5, 0.6) is 0 Å². The molecule has 0 bridgehead atoms. The van der Waals surface area contributed by atoms with E-state index in [2.05, 4.69) is 6.92 Å². The van der Waals surface area contributed by atoms with Crippen molar-refractivity contribution < 1.29 is 19.8 Å². The molecule has 0 aliphatic carbocycles. The Balaban J connectivity index is -0.00000242. The van der Waals surface area contributed by atoms with E-state index in [4.69, 9.17) is 10.2 Å². The van der Waals surface area contributed by atoms with Crippen LogP contribution in [0, 0.1) is 0 Å². The molecule has 0 atom stereocenters. The average Bonchev–Trinajstić information content (AvgIpc) is 2.51. The van der Waals surface area contributed by atoms with Gasteiger partial charge in [-0.2, -0.15) is 0 Å². The molecule has 0 heterocycles. The number of rotatable bonds is 15. The summed E-state index contributed by atoms with van der Waals surface area (Å²) in [5.74, 6) is -2.24. The van der Waals surface area contributed by atoms with E-state index in [-0.39, 0.29) is 70.3 Å². The monoisotopic (exact) mass is 372 g/mol. The predicted octanol–water partition coefficient (Wildman–Crippen LogP) is 4.80. The summed E-state index contributed by atoms with van der Waals surface area (Å²) < 4.78 is 0. The van der Waals surface area contributed by atoms with Crippen molar-refractivity contribution in [3.8, 4) is 0 Å². The van der Waals surface area contributed by atoms with Crippen molar-refractivity contribution in [1.29, 1.82) is 0 Å². The van der Waals surface area contributed by atoms with Gasteiger partial charge in [0.1, 0.15) is 0 Å². The van der Waals surface area contributed by atoms with E-state index in [9.17, 15) is 9.59 Å². The van der Waals surface area contributed by atoms with E-state index < -0.39 is 11.9 Å². The van der Waals surface area contributed by atoms with Crippen LogP contribution in [0.15, 0.2) is 11.1 Å². The molecule has 0 saturated carbocycles. The largest absolute Gasteiger partial charge is 0.478 e. The summed E-state index contributed by atoms with van der Waals surface area (Å²) in [7, 11) is 0. The second-order valence-electron chi connectivity index (χ2n) is 6.35. The second-order valence-corrected chi connectivity index (χ2v) is 6.35. The maximum atomic E-state index is 11.1. The number of carbonyl (C=O) groups is 2. The van der Waals surface area contributed by atoms with Gasteiger partial charge in [0.25, 0.3) is 0 Å². The molecule has 0 unspecified atom stereocenters. The zero-order chi connectivity index (χ0) is 17.5. The Morgan fingerprint density at radius 3 is 1.32 bits per heavy atom. The SMILES string of the molecule is CCCCCCCCCCCCCC/C(C(=O)O)=C(\C)C(=O)O.[Na].[Na]. The zero-order valence-corrected chi connectivity index (χ0v) is 20.9. The van der Waals surface area contributed by atoms with Gasteiger partial charge in [-0.25, -0.2) is 9.59 Å². The van der Waals surface area contributed by atoms with Gasteiger partial charge < -0.3 is 10.2 Å². The van der Waals surface area contributed by atoms with Crippen LogP contribution in [0.4, 0.5) is 0 Å². The minimum atomic E-state index is -1.14. The summed E-state index contributed by atoms with van der Waals surface area (Å²) in [6.07, 6.45) is 15.0. The molecule has 0 aliphatic rings. The van der Waals surface area contributed by atoms with Crippen molar-refractivity contribution in [2.24, 2.45) is 0 Å². The molecular weight excluding hydrogens is 338 g/mol. The number of carboxylic acid groups (broad SMARTS) is 2. The van der Waals surface area contributed by atoms with E-state index in [1.54, 1.807) is 0 Å². The third kappa shape index (κ3) is 17.8.